The monoisotopic (exact) mass is 416 g/mol. The molecule has 3 aromatic rings. The first kappa shape index (κ1) is 19.2. The fraction of sp³-hybridized carbons (Fsp3) is 0.462. The molecular weight excluding hydrogens is 387 g/mol. The third-order valence-electron chi connectivity index (χ3n) is 7.53. The van der Waals surface area contributed by atoms with Gasteiger partial charge in [0, 0.05) is 40.4 Å². The van der Waals surface area contributed by atoms with Crippen molar-refractivity contribution in [2.24, 2.45) is 10.9 Å². The van der Waals surface area contributed by atoms with Gasteiger partial charge >= 0.3 is 0 Å². The predicted molar refractivity (Wildman–Crippen MR) is 124 cm³/mol. The first-order valence-electron chi connectivity index (χ1n) is 11.6. The van der Waals surface area contributed by atoms with Gasteiger partial charge in [-0.1, -0.05) is 0 Å². The summed E-state index contributed by atoms with van der Waals surface area (Å²) < 4.78 is 15.2. The van der Waals surface area contributed by atoms with Crippen LogP contribution >= 0.6 is 0 Å². The van der Waals surface area contributed by atoms with Gasteiger partial charge in [-0.3, -0.25) is 4.99 Å². The number of benzene rings is 1. The molecule has 4 heterocycles. The minimum Gasteiger partial charge on any atom is -0.346 e. The molecule has 160 valence electrons. The van der Waals surface area contributed by atoms with E-state index in [0.717, 1.165) is 52.9 Å². The van der Waals surface area contributed by atoms with Crippen molar-refractivity contribution in [1.82, 2.24) is 14.9 Å². The summed E-state index contributed by atoms with van der Waals surface area (Å²) in [5, 5.41) is 1.06. The number of nitrogens with zero attached hydrogens (tertiary/aromatic N) is 3. The van der Waals surface area contributed by atoms with Crippen molar-refractivity contribution in [1.29, 1.82) is 0 Å². The van der Waals surface area contributed by atoms with Crippen LogP contribution in [0.15, 0.2) is 35.5 Å². The molecule has 0 amide bonds. The van der Waals surface area contributed by atoms with Crippen LogP contribution in [0.1, 0.15) is 62.1 Å². The molecule has 1 aliphatic carbocycles. The van der Waals surface area contributed by atoms with E-state index in [-0.39, 0.29) is 11.7 Å². The number of rotatable bonds is 4. The van der Waals surface area contributed by atoms with Gasteiger partial charge in [0.2, 0.25) is 0 Å². The summed E-state index contributed by atoms with van der Waals surface area (Å²) >= 11 is 0. The highest BCUT2D eigenvalue weighted by atomic mass is 19.1. The van der Waals surface area contributed by atoms with Crippen molar-refractivity contribution in [3.05, 3.63) is 47.5 Å². The molecule has 1 unspecified atom stereocenters. The third-order valence-corrected chi connectivity index (χ3v) is 7.53. The highest BCUT2D eigenvalue weighted by molar-refractivity contribution is 5.99. The highest BCUT2D eigenvalue weighted by Gasteiger charge is 2.31. The van der Waals surface area contributed by atoms with Crippen LogP contribution in [0.25, 0.3) is 22.2 Å². The highest BCUT2D eigenvalue weighted by Crippen LogP contribution is 2.45. The number of aliphatic imine (C=N–C) groups is 1. The van der Waals surface area contributed by atoms with Crippen molar-refractivity contribution in [3.8, 4) is 11.1 Å². The molecule has 0 spiro atoms. The van der Waals surface area contributed by atoms with Crippen LogP contribution in [-0.4, -0.2) is 40.7 Å². The van der Waals surface area contributed by atoms with Crippen molar-refractivity contribution < 1.29 is 4.39 Å². The van der Waals surface area contributed by atoms with Gasteiger partial charge in [-0.05, 0) is 100 Å². The lowest BCUT2D eigenvalue weighted by Crippen LogP contribution is -2.31. The second-order valence-corrected chi connectivity index (χ2v) is 9.79. The Morgan fingerprint density at radius 3 is 2.71 bits per heavy atom. The van der Waals surface area contributed by atoms with Crippen LogP contribution in [0, 0.1) is 11.7 Å². The summed E-state index contributed by atoms with van der Waals surface area (Å²) in [7, 11) is 2.19. The summed E-state index contributed by atoms with van der Waals surface area (Å²) in [5.41, 5.74) is 6.67. The summed E-state index contributed by atoms with van der Waals surface area (Å²) in [6, 6.07) is 8.10. The van der Waals surface area contributed by atoms with Crippen molar-refractivity contribution in [2.75, 3.05) is 20.1 Å². The largest absolute Gasteiger partial charge is 0.346 e. The fourth-order valence-corrected chi connectivity index (χ4v) is 5.43. The molecule has 6 rings (SSSR count). The molecule has 4 nitrogen and oxygen atoms in total. The number of H-pyrrole nitrogens is 1. The molecule has 1 saturated heterocycles. The van der Waals surface area contributed by atoms with Crippen LogP contribution < -0.4 is 0 Å². The first-order valence-corrected chi connectivity index (χ1v) is 11.6. The number of hydrogen-bond acceptors (Lipinski definition) is 3. The van der Waals surface area contributed by atoms with Crippen LogP contribution in [-0.2, 0) is 0 Å². The second-order valence-electron chi connectivity index (χ2n) is 9.79. The molecule has 2 aromatic heterocycles. The van der Waals surface area contributed by atoms with Gasteiger partial charge in [-0.15, -0.1) is 0 Å². The lowest BCUT2D eigenvalue weighted by atomic mass is 9.82. The number of piperidine rings is 1. The van der Waals surface area contributed by atoms with Gasteiger partial charge in [0.15, 0.2) is 0 Å². The molecule has 3 aliphatic rings. The number of halogens is 1. The molecular formula is C26H29FN4. The van der Waals surface area contributed by atoms with Gasteiger partial charge in [-0.2, -0.15) is 0 Å². The number of hydrogen-bond donors (Lipinski definition) is 1. The third kappa shape index (κ3) is 3.39. The summed E-state index contributed by atoms with van der Waals surface area (Å²) in [6.07, 6.45) is 7.95. The number of pyridine rings is 1. The zero-order chi connectivity index (χ0) is 21.1. The van der Waals surface area contributed by atoms with Gasteiger partial charge in [0.05, 0.1) is 0 Å². The minimum atomic E-state index is -0.213. The number of nitrogens with one attached hydrogen (secondary N) is 1. The van der Waals surface area contributed by atoms with E-state index >= 15 is 4.39 Å². The zero-order valence-corrected chi connectivity index (χ0v) is 18.3. The lowest BCUT2D eigenvalue weighted by molar-refractivity contribution is 0.211. The summed E-state index contributed by atoms with van der Waals surface area (Å²) in [6.45, 7) is 4.37. The van der Waals surface area contributed by atoms with E-state index in [9.17, 15) is 0 Å². The van der Waals surface area contributed by atoms with E-state index in [1.807, 2.05) is 6.20 Å². The van der Waals surface area contributed by atoms with E-state index in [0.29, 0.717) is 17.5 Å². The molecule has 1 atom stereocenters. The number of fused-ring (bicyclic) bond motifs is 2. The minimum absolute atomic E-state index is 0.213. The van der Waals surface area contributed by atoms with Crippen molar-refractivity contribution in [3.63, 3.8) is 0 Å². The number of likely N-dealkylation sites (tertiary alicyclic amines) is 1. The Morgan fingerprint density at radius 2 is 1.94 bits per heavy atom. The van der Waals surface area contributed by atoms with Crippen molar-refractivity contribution >= 4 is 22.4 Å². The van der Waals surface area contributed by atoms with E-state index in [2.05, 4.69) is 47.0 Å². The Balaban J connectivity index is 1.35. The standard InChI is InChI=1S/C26H29FN4/c1-15-20(11-16-7-9-31(2)10-8-16)21-12-18(13-23(27)25(21)29-15)22-14-28-26-19(22)5-6-24(30-26)17-3-4-17/h5-6,12-14,16-17,20H,3-4,7-11H2,1-2H3,(H,28,30). The zero-order valence-electron chi connectivity index (χ0n) is 18.3. The Morgan fingerprint density at radius 1 is 1.13 bits per heavy atom. The molecule has 0 radical (unpaired) electrons. The molecule has 0 bridgehead atoms. The van der Waals surface area contributed by atoms with Gasteiger partial charge < -0.3 is 9.88 Å². The first-order chi connectivity index (χ1) is 15.1. The summed E-state index contributed by atoms with van der Waals surface area (Å²) in [4.78, 5) is 15.2. The van der Waals surface area contributed by atoms with Gasteiger partial charge in [0.25, 0.3) is 0 Å². The topological polar surface area (TPSA) is 44.3 Å². The molecule has 2 fully saturated rings. The van der Waals surface area contributed by atoms with Crippen molar-refractivity contribution in [2.45, 2.75) is 50.9 Å². The lowest BCUT2D eigenvalue weighted by Gasteiger charge is -2.30. The maximum absolute atomic E-state index is 15.2. The Bertz CT molecular complexity index is 1180. The number of aromatic nitrogens is 2. The second kappa shape index (κ2) is 7.27. The molecule has 5 heteroatoms. The predicted octanol–water partition coefficient (Wildman–Crippen LogP) is 6.17. The van der Waals surface area contributed by atoms with Gasteiger partial charge in [0.1, 0.15) is 17.2 Å². The fourth-order valence-electron chi connectivity index (χ4n) is 5.43. The van der Waals surface area contributed by atoms with E-state index in [1.54, 1.807) is 6.07 Å². The number of aromatic amines is 1. The van der Waals surface area contributed by atoms with Crippen LogP contribution in [0.3, 0.4) is 0 Å². The molecule has 1 saturated carbocycles. The van der Waals surface area contributed by atoms with E-state index in [4.69, 9.17) is 4.98 Å². The van der Waals surface area contributed by atoms with Gasteiger partial charge in [-0.25, -0.2) is 9.37 Å². The maximum atomic E-state index is 15.2. The molecule has 2 aliphatic heterocycles. The van der Waals surface area contributed by atoms with Crippen LogP contribution in [0.2, 0.25) is 0 Å². The summed E-state index contributed by atoms with van der Waals surface area (Å²) in [5.74, 6) is 1.31. The maximum Gasteiger partial charge on any atom is 0.149 e. The average Bonchev–Trinajstić information content (AvgIpc) is 3.46. The Labute approximate surface area is 182 Å². The molecule has 1 N–H and O–H groups in total. The smallest absolute Gasteiger partial charge is 0.149 e. The SMILES string of the molecule is CC1=Nc2c(F)cc(-c3c[nH]c4nc(C5CC5)ccc34)cc2C1CC1CCN(C)CC1. The Hall–Kier alpha value is -2.53. The van der Waals surface area contributed by atoms with E-state index in [1.165, 1.54) is 31.4 Å². The van der Waals surface area contributed by atoms with Crippen LogP contribution in [0.5, 0.6) is 0 Å². The van der Waals surface area contributed by atoms with E-state index < -0.39 is 0 Å². The Kier molecular flexibility index (Phi) is 4.49. The van der Waals surface area contributed by atoms with Crippen LogP contribution in [0.4, 0.5) is 10.1 Å². The molecule has 31 heavy (non-hydrogen) atoms. The quantitative estimate of drug-likeness (QED) is 0.553. The molecule has 1 aromatic carbocycles. The normalized spacial score (nSPS) is 22.2. The average molecular weight is 417 g/mol.